The van der Waals surface area contributed by atoms with Crippen molar-refractivity contribution in [1.82, 2.24) is 10.2 Å². The van der Waals surface area contributed by atoms with Gasteiger partial charge in [0.05, 0.1) is 17.6 Å². The molecule has 1 aliphatic rings. The highest BCUT2D eigenvalue weighted by Gasteiger charge is 2.22. The molecule has 1 aromatic carbocycles. The van der Waals surface area contributed by atoms with Gasteiger partial charge in [-0.25, -0.2) is 4.79 Å². The molecule has 1 heterocycles. The van der Waals surface area contributed by atoms with Gasteiger partial charge >= 0.3 is 5.97 Å². The van der Waals surface area contributed by atoms with Crippen molar-refractivity contribution in [3.8, 4) is 0 Å². The van der Waals surface area contributed by atoms with Crippen LogP contribution in [0.25, 0.3) is 0 Å². The second kappa shape index (κ2) is 7.71. The first-order valence-corrected chi connectivity index (χ1v) is 6.40. The molecule has 2 rings (SSSR count). The molecular weight excluding hydrogens is 314 g/mol. The van der Waals surface area contributed by atoms with E-state index in [2.05, 4.69) is 10.1 Å². The smallest absolute Gasteiger partial charge is 0.338 e. The Balaban J connectivity index is 0.00000242. The molecule has 1 aromatic rings. The Morgan fingerprint density at radius 1 is 1.23 bits per heavy atom. The third kappa shape index (κ3) is 3.92. The largest absolute Gasteiger partial charge is 0.465 e. The lowest BCUT2D eigenvalue weighted by Crippen LogP contribution is -2.46. The molecule has 8 nitrogen and oxygen atoms in total. The van der Waals surface area contributed by atoms with Gasteiger partial charge < -0.3 is 15.0 Å². The number of hydrogen-bond acceptors (Lipinski definition) is 6. The van der Waals surface area contributed by atoms with Gasteiger partial charge in [-0.15, -0.1) is 12.4 Å². The van der Waals surface area contributed by atoms with E-state index in [9.17, 15) is 19.7 Å². The molecular formula is C13H16ClN3O5. The maximum atomic E-state index is 12.4. The number of rotatable bonds is 3. The van der Waals surface area contributed by atoms with Crippen molar-refractivity contribution in [3.05, 3.63) is 39.4 Å². The highest BCUT2D eigenvalue weighted by molar-refractivity contribution is 5.99. The Morgan fingerprint density at radius 2 is 1.82 bits per heavy atom. The van der Waals surface area contributed by atoms with Crippen LogP contribution in [-0.4, -0.2) is 55.0 Å². The van der Waals surface area contributed by atoms with E-state index in [1.54, 1.807) is 4.90 Å². The zero-order valence-electron chi connectivity index (χ0n) is 11.9. The Labute approximate surface area is 133 Å². The lowest BCUT2D eigenvalue weighted by atomic mass is 10.1. The van der Waals surface area contributed by atoms with Gasteiger partial charge in [-0.1, -0.05) is 0 Å². The Kier molecular flexibility index (Phi) is 6.26. The number of non-ortho nitro benzene ring substituents is 1. The maximum Gasteiger partial charge on any atom is 0.338 e. The first-order chi connectivity index (χ1) is 10.0. The van der Waals surface area contributed by atoms with Crippen molar-refractivity contribution in [3.63, 3.8) is 0 Å². The number of halogens is 1. The average molecular weight is 330 g/mol. The molecule has 1 fully saturated rings. The lowest BCUT2D eigenvalue weighted by Gasteiger charge is -2.27. The first kappa shape index (κ1) is 17.9. The molecule has 0 bridgehead atoms. The number of piperazine rings is 1. The topological polar surface area (TPSA) is 102 Å². The van der Waals surface area contributed by atoms with E-state index >= 15 is 0 Å². The van der Waals surface area contributed by atoms with Crippen LogP contribution in [0.1, 0.15) is 20.7 Å². The predicted molar refractivity (Wildman–Crippen MR) is 80.5 cm³/mol. The van der Waals surface area contributed by atoms with Crippen LogP contribution in [-0.2, 0) is 4.74 Å². The SMILES string of the molecule is COC(=O)c1cc(C(=O)N2CCNCC2)cc([N+](=O)[O-])c1.Cl. The molecule has 0 saturated carbocycles. The minimum atomic E-state index is -0.715. The predicted octanol–water partition coefficient (Wildman–Crippen LogP) is 0.849. The summed E-state index contributed by atoms with van der Waals surface area (Å²) < 4.78 is 4.55. The fraction of sp³-hybridized carbons (Fsp3) is 0.385. The minimum absolute atomic E-state index is 0. The van der Waals surface area contributed by atoms with Crippen LogP contribution in [0.5, 0.6) is 0 Å². The number of nitro benzene ring substituents is 1. The van der Waals surface area contributed by atoms with Crippen molar-refractivity contribution in [1.29, 1.82) is 0 Å². The standard InChI is InChI=1S/C13H15N3O5.ClH/c1-21-13(18)10-6-9(7-11(8-10)16(19)20)12(17)15-4-2-14-3-5-15;/h6-8,14H,2-5H2,1H3;1H. The summed E-state index contributed by atoms with van der Waals surface area (Å²) in [6.45, 7) is 2.39. The molecule has 1 saturated heterocycles. The maximum absolute atomic E-state index is 12.4. The Bertz CT molecular complexity index is 587. The van der Waals surface area contributed by atoms with Crippen molar-refractivity contribution in [2.24, 2.45) is 0 Å². The van der Waals surface area contributed by atoms with Gasteiger partial charge in [0.2, 0.25) is 0 Å². The van der Waals surface area contributed by atoms with Crippen LogP contribution in [0.3, 0.4) is 0 Å². The molecule has 0 aromatic heterocycles. The zero-order valence-corrected chi connectivity index (χ0v) is 12.7. The van der Waals surface area contributed by atoms with E-state index in [0.717, 1.165) is 6.07 Å². The minimum Gasteiger partial charge on any atom is -0.465 e. The first-order valence-electron chi connectivity index (χ1n) is 6.40. The van der Waals surface area contributed by atoms with Crippen molar-refractivity contribution in [2.45, 2.75) is 0 Å². The number of esters is 1. The summed E-state index contributed by atoms with van der Waals surface area (Å²) in [7, 11) is 1.18. The summed E-state index contributed by atoms with van der Waals surface area (Å²) in [5.41, 5.74) is -0.201. The number of methoxy groups -OCH3 is 1. The summed E-state index contributed by atoms with van der Waals surface area (Å²) >= 11 is 0. The van der Waals surface area contributed by atoms with Crippen LogP contribution in [0, 0.1) is 10.1 Å². The van der Waals surface area contributed by atoms with Crippen molar-refractivity contribution < 1.29 is 19.2 Å². The second-order valence-corrected chi connectivity index (χ2v) is 4.56. The number of benzene rings is 1. The van der Waals surface area contributed by atoms with Gasteiger partial charge in [-0.05, 0) is 6.07 Å². The number of hydrogen-bond donors (Lipinski definition) is 1. The number of carbonyl (C=O) groups excluding carboxylic acids is 2. The molecule has 22 heavy (non-hydrogen) atoms. The van der Waals surface area contributed by atoms with Crippen molar-refractivity contribution in [2.75, 3.05) is 33.3 Å². The average Bonchev–Trinajstić information content (AvgIpc) is 2.53. The van der Waals surface area contributed by atoms with Gasteiger partial charge in [0.15, 0.2) is 0 Å². The molecule has 9 heteroatoms. The van der Waals surface area contributed by atoms with Gasteiger partial charge in [-0.2, -0.15) is 0 Å². The van der Waals surface area contributed by atoms with Crippen LogP contribution < -0.4 is 5.32 Å². The number of ether oxygens (including phenoxy) is 1. The number of amides is 1. The van der Waals surface area contributed by atoms with E-state index in [4.69, 9.17) is 0 Å². The molecule has 0 spiro atoms. The van der Waals surface area contributed by atoms with Crippen LogP contribution >= 0.6 is 12.4 Å². The fourth-order valence-electron chi connectivity index (χ4n) is 2.13. The van der Waals surface area contributed by atoms with E-state index in [0.29, 0.717) is 26.2 Å². The third-order valence-electron chi connectivity index (χ3n) is 3.20. The van der Waals surface area contributed by atoms with Gasteiger partial charge in [0.25, 0.3) is 11.6 Å². The van der Waals surface area contributed by atoms with E-state index in [-0.39, 0.29) is 35.1 Å². The van der Waals surface area contributed by atoms with E-state index < -0.39 is 10.9 Å². The molecule has 0 atom stereocenters. The highest BCUT2D eigenvalue weighted by atomic mass is 35.5. The second-order valence-electron chi connectivity index (χ2n) is 4.56. The number of nitrogens with one attached hydrogen (secondary N) is 1. The molecule has 0 radical (unpaired) electrons. The monoisotopic (exact) mass is 329 g/mol. The summed E-state index contributed by atoms with van der Waals surface area (Å²) in [5, 5.41) is 14.0. The summed E-state index contributed by atoms with van der Waals surface area (Å²) in [5.74, 6) is -1.04. The van der Waals surface area contributed by atoms with E-state index in [1.807, 2.05) is 0 Å². The number of nitrogens with zero attached hydrogens (tertiary/aromatic N) is 2. The Morgan fingerprint density at radius 3 is 2.36 bits per heavy atom. The summed E-state index contributed by atoms with van der Waals surface area (Å²) in [6, 6.07) is 3.60. The van der Waals surface area contributed by atoms with Crippen LogP contribution in [0.15, 0.2) is 18.2 Å². The zero-order chi connectivity index (χ0) is 15.4. The highest BCUT2D eigenvalue weighted by Crippen LogP contribution is 2.19. The number of carbonyl (C=O) groups is 2. The Hall–Kier alpha value is -2.19. The third-order valence-corrected chi connectivity index (χ3v) is 3.20. The van der Waals surface area contributed by atoms with Crippen LogP contribution in [0.4, 0.5) is 5.69 Å². The summed E-state index contributed by atoms with van der Waals surface area (Å²) in [4.78, 5) is 35.8. The molecule has 0 unspecified atom stereocenters. The molecule has 1 amide bonds. The lowest BCUT2D eigenvalue weighted by molar-refractivity contribution is -0.384. The van der Waals surface area contributed by atoms with Gasteiger partial charge in [0.1, 0.15) is 0 Å². The van der Waals surface area contributed by atoms with Gasteiger partial charge in [0, 0.05) is 43.9 Å². The molecule has 1 aliphatic heterocycles. The molecule has 0 aliphatic carbocycles. The van der Waals surface area contributed by atoms with Gasteiger partial charge in [-0.3, -0.25) is 14.9 Å². The quantitative estimate of drug-likeness (QED) is 0.501. The molecule has 120 valence electrons. The fourth-order valence-corrected chi connectivity index (χ4v) is 2.13. The summed E-state index contributed by atoms with van der Waals surface area (Å²) in [6.07, 6.45) is 0. The normalized spacial score (nSPS) is 14.0. The van der Waals surface area contributed by atoms with E-state index in [1.165, 1.54) is 19.2 Å². The molecule has 1 N–H and O–H groups in total. The van der Waals surface area contributed by atoms with Crippen LogP contribution in [0.2, 0.25) is 0 Å². The van der Waals surface area contributed by atoms with Crippen molar-refractivity contribution >= 4 is 30.0 Å². The number of nitro groups is 1.